The third-order valence-electron chi connectivity index (χ3n) is 3.59. The second-order valence-electron chi connectivity index (χ2n) is 4.96. The van der Waals surface area contributed by atoms with Gasteiger partial charge in [0.15, 0.2) is 5.72 Å². The highest BCUT2D eigenvalue weighted by Crippen LogP contribution is 2.43. The molecule has 0 spiro atoms. The Morgan fingerprint density at radius 1 is 1.22 bits per heavy atom. The maximum Gasteiger partial charge on any atom is 0.351 e. The van der Waals surface area contributed by atoms with Crippen LogP contribution < -0.4 is 4.90 Å². The minimum absolute atomic E-state index is 0.331. The molecule has 2 amide bonds. The van der Waals surface area contributed by atoms with Crippen LogP contribution >= 0.6 is 11.6 Å². The van der Waals surface area contributed by atoms with E-state index >= 15 is 0 Å². The number of benzene rings is 1. The van der Waals surface area contributed by atoms with Crippen molar-refractivity contribution in [2.24, 2.45) is 0 Å². The summed E-state index contributed by atoms with van der Waals surface area (Å²) in [6.07, 6.45) is 0. The van der Waals surface area contributed by atoms with Crippen LogP contribution in [0.5, 0.6) is 0 Å². The van der Waals surface area contributed by atoms with Gasteiger partial charge in [0, 0.05) is 0 Å². The first-order valence-corrected chi connectivity index (χ1v) is 5.89. The van der Waals surface area contributed by atoms with Gasteiger partial charge in [-0.05, 0) is 32.9 Å². The highest BCUT2D eigenvalue weighted by atomic mass is 35.5. The average molecular weight is 271 g/mol. The zero-order valence-corrected chi connectivity index (χ0v) is 11.1. The van der Waals surface area contributed by atoms with E-state index in [1.807, 2.05) is 0 Å². The third-order valence-corrected chi connectivity index (χ3v) is 3.91. The Morgan fingerprint density at radius 2 is 1.78 bits per heavy atom. The molecule has 5 nitrogen and oxygen atoms in total. The van der Waals surface area contributed by atoms with E-state index in [2.05, 4.69) is 0 Å². The van der Waals surface area contributed by atoms with E-state index in [0.717, 1.165) is 4.90 Å². The summed E-state index contributed by atoms with van der Waals surface area (Å²) in [7, 11) is 0. The van der Waals surface area contributed by atoms with Gasteiger partial charge in [-0.15, -0.1) is 0 Å². The predicted octanol–water partition coefficient (Wildman–Crippen LogP) is 2.46. The summed E-state index contributed by atoms with van der Waals surface area (Å²) >= 11 is 6.03. The molecule has 1 aliphatic rings. The Morgan fingerprint density at radius 3 is 2.22 bits per heavy atom. The molecule has 1 saturated heterocycles. The molecule has 1 unspecified atom stereocenters. The molecule has 0 aromatic heterocycles. The van der Waals surface area contributed by atoms with Gasteiger partial charge in [0.2, 0.25) is 0 Å². The largest absolute Gasteiger partial charge is 0.368 e. The lowest BCUT2D eigenvalue weighted by Gasteiger charge is -2.37. The molecule has 6 heteroatoms. The van der Waals surface area contributed by atoms with Gasteiger partial charge in [0.05, 0.1) is 10.7 Å². The normalized spacial score (nSPS) is 26.9. The van der Waals surface area contributed by atoms with Gasteiger partial charge in [-0.25, -0.2) is 4.79 Å². The maximum atomic E-state index is 12.1. The summed E-state index contributed by atoms with van der Waals surface area (Å²) < 4.78 is 0. The molecule has 1 atom stereocenters. The van der Waals surface area contributed by atoms with Gasteiger partial charge in [-0.2, -0.15) is 5.06 Å². The third kappa shape index (κ3) is 1.51. The number of halogens is 1. The van der Waals surface area contributed by atoms with Gasteiger partial charge >= 0.3 is 6.03 Å². The number of urea groups is 1. The Hall–Kier alpha value is -1.30. The van der Waals surface area contributed by atoms with Gasteiger partial charge in [-0.1, -0.05) is 23.7 Å². The Balaban J connectivity index is 2.59. The molecule has 1 aromatic carbocycles. The lowest BCUT2D eigenvalue weighted by atomic mass is 9.92. The molecule has 98 valence electrons. The summed E-state index contributed by atoms with van der Waals surface area (Å²) in [6.45, 7) is 4.61. The molecule has 1 aliphatic heterocycles. The van der Waals surface area contributed by atoms with Crippen molar-refractivity contribution in [1.82, 2.24) is 5.06 Å². The Kier molecular flexibility index (Phi) is 2.81. The van der Waals surface area contributed by atoms with Crippen molar-refractivity contribution in [3.05, 3.63) is 29.3 Å². The SMILES string of the molecule is CC1(C)N(O)C(=O)N(c2ccccc2Cl)C1(C)O. The molecular formula is C12H15ClN2O3. The number of amides is 2. The van der Waals surface area contributed by atoms with E-state index in [1.54, 1.807) is 38.1 Å². The summed E-state index contributed by atoms with van der Waals surface area (Å²) in [5.74, 6) is 0. The summed E-state index contributed by atoms with van der Waals surface area (Å²) in [6, 6.07) is 5.95. The second-order valence-corrected chi connectivity index (χ2v) is 5.37. The molecule has 1 heterocycles. The van der Waals surface area contributed by atoms with Crippen LogP contribution in [-0.2, 0) is 0 Å². The van der Waals surface area contributed by atoms with Gasteiger partial charge in [0.1, 0.15) is 5.54 Å². The van der Waals surface area contributed by atoms with Gasteiger partial charge in [0.25, 0.3) is 0 Å². The number of rotatable bonds is 1. The van der Waals surface area contributed by atoms with E-state index in [-0.39, 0.29) is 0 Å². The molecular weight excluding hydrogens is 256 g/mol. The lowest BCUT2D eigenvalue weighted by Crippen LogP contribution is -2.56. The van der Waals surface area contributed by atoms with E-state index in [0.29, 0.717) is 15.8 Å². The fourth-order valence-corrected chi connectivity index (χ4v) is 2.19. The van der Waals surface area contributed by atoms with Gasteiger partial charge < -0.3 is 5.11 Å². The molecule has 18 heavy (non-hydrogen) atoms. The van der Waals surface area contributed by atoms with E-state index < -0.39 is 17.3 Å². The first kappa shape index (κ1) is 13.1. The zero-order valence-electron chi connectivity index (χ0n) is 10.4. The fraction of sp³-hybridized carbons (Fsp3) is 0.417. The maximum absolute atomic E-state index is 12.1. The molecule has 0 radical (unpaired) electrons. The molecule has 1 fully saturated rings. The standard InChI is InChI=1S/C12H15ClN2O3/c1-11(2)12(3,17)14(10(16)15(11)18)9-7-5-4-6-8(9)13/h4-7,17-18H,1-3H3. The molecule has 0 aliphatic carbocycles. The minimum atomic E-state index is -1.58. The van der Waals surface area contributed by atoms with Crippen LogP contribution in [0.15, 0.2) is 24.3 Å². The molecule has 2 N–H and O–H groups in total. The first-order chi connectivity index (χ1) is 8.21. The molecule has 0 bridgehead atoms. The fourth-order valence-electron chi connectivity index (χ4n) is 1.96. The smallest absolute Gasteiger partial charge is 0.351 e. The average Bonchev–Trinajstić information content (AvgIpc) is 2.40. The topological polar surface area (TPSA) is 64.0 Å². The van der Waals surface area contributed by atoms with Crippen LogP contribution in [0.25, 0.3) is 0 Å². The number of para-hydroxylation sites is 1. The van der Waals surface area contributed by atoms with E-state index in [9.17, 15) is 15.1 Å². The van der Waals surface area contributed by atoms with Crippen LogP contribution in [0.3, 0.4) is 0 Å². The summed E-state index contributed by atoms with van der Waals surface area (Å²) in [5, 5.41) is 21.2. The molecule has 1 aromatic rings. The lowest BCUT2D eigenvalue weighted by molar-refractivity contribution is -0.149. The number of aliphatic hydroxyl groups is 1. The number of hydrogen-bond acceptors (Lipinski definition) is 3. The molecule has 2 rings (SSSR count). The minimum Gasteiger partial charge on any atom is -0.368 e. The van der Waals surface area contributed by atoms with Crippen molar-refractivity contribution >= 4 is 23.3 Å². The van der Waals surface area contributed by atoms with Crippen LogP contribution in [0.2, 0.25) is 5.02 Å². The number of anilines is 1. The Labute approximate surface area is 110 Å². The van der Waals surface area contributed by atoms with Crippen LogP contribution in [-0.4, -0.2) is 32.7 Å². The number of carbonyl (C=O) groups is 1. The van der Waals surface area contributed by atoms with Crippen LogP contribution in [0, 0.1) is 0 Å². The predicted molar refractivity (Wildman–Crippen MR) is 67.7 cm³/mol. The van der Waals surface area contributed by atoms with Crippen LogP contribution in [0.4, 0.5) is 10.5 Å². The second kappa shape index (κ2) is 3.85. The number of hydrogen-bond donors (Lipinski definition) is 2. The van der Waals surface area contributed by atoms with Crippen molar-refractivity contribution in [3.63, 3.8) is 0 Å². The number of carbonyl (C=O) groups excluding carboxylic acids is 1. The monoisotopic (exact) mass is 270 g/mol. The number of nitrogens with zero attached hydrogens (tertiary/aromatic N) is 2. The van der Waals surface area contributed by atoms with Crippen molar-refractivity contribution in [2.75, 3.05) is 4.90 Å². The first-order valence-electron chi connectivity index (χ1n) is 5.51. The van der Waals surface area contributed by atoms with Crippen molar-refractivity contribution in [2.45, 2.75) is 32.0 Å². The van der Waals surface area contributed by atoms with E-state index in [4.69, 9.17) is 11.6 Å². The summed E-state index contributed by atoms with van der Waals surface area (Å²) in [5.41, 5.74) is -2.37. The highest BCUT2D eigenvalue weighted by Gasteiger charge is 2.60. The van der Waals surface area contributed by atoms with Crippen LogP contribution in [0.1, 0.15) is 20.8 Å². The quantitative estimate of drug-likeness (QED) is 0.771. The number of hydroxylamine groups is 2. The Bertz CT molecular complexity index is 502. The van der Waals surface area contributed by atoms with E-state index in [1.165, 1.54) is 6.92 Å². The zero-order chi connectivity index (χ0) is 13.7. The van der Waals surface area contributed by atoms with Crippen molar-refractivity contribution < 1.29 is 15.1 Å². The van der Waals surface area contributed by atoms with Gasteiger partial charge in [-0.3, -0.25) is 10.1 Å². The van der Waals surface area contributed by atoms with Crippen molar-refractivity contribution in [1.29, 1.82) is 0 Å². The van der Waals surface area contributed by atoms with Crippen molar-refractivity contribution in [3.8, 4) is 0 Å². The summed E-state index contributed by atoms with van der Waals surface area (Å²) in [4.78, 5) is 13.2. The highest BCUT2D eigenvalue weighted by molar-refractivity contribution is 6.33. The molecule has 0 saturated carbocycles.